The van der Waals surface area contributed by atoms with E-state index in [1.165, 1.54) is 0 Å². The average Bonchev–Trinajstić information content (AvgIpc) is 1.74. The van der Waals surface area contributed by atoms with E-state index < -0.39 is 17.1 Å². The molecule has 0 N–H and O–H groups in total. The van der Waals surface area contributed by atoms with Crippen LogP contribution in [0.2, 0.25) is 26.2 Å². The molecule has 0 atom stereocenters. The molecule has 0 aliphatic carbocycles. The van der Waals surface area contributed by atoms with Crippen molar-refractivity contribution >= 4 is 17.1 Å². The summed E-state index contributed by atoms with van der Waals surface area (Å²) in [4.78, 5) is 0. The predicted octanol–water partition coefficient (Wildman–Crippen LogP) is 3.26. The average molecular weight is 250 g/mol. The number of hydrogen-bond donors (Lipinski definition) is 0. The molecule has 0 aliphatic rings. The zero-order chi connectivity index (χ0) is 12.3. The van der Waals surface area contributed by atoms with Crippen molar-refractivity contribution in [3.63, 3.8) is 0 Å². The maximum absolute atomic E-state index is 6.08. The van der Waals surface area contributed by atoms with Crippen LogP contribution in [-0.2, 0) is 13.0 Å². The van der Waals surface area contributed by atoms with E-state index in [2.05, 4.69) is 47.0 Å². The molecule has 0 spiro atoms. The minimum Gasteiger partial charge on any atom is -0.415 e. The van der Waals surface area contributed by atoms with Gasteiger partial charge in [0.25, 0.3) is 0 Å². The molecular formula is C10H26O3Si2. The van der Waals surface area contributed by atoms with Crippen LogP contribution in [0, 0.1) is 0 Å². The fourth-order valence-electron chi connectivity index (χ4n) is 1.73. The van der Waals surface area contributed by atoms with Crippen molar-refractivity contribution in [1.82, 2.24) is 0 Å². The van der Waals surface area contributed by atoms with Crippen LogP contribution >= 0.6 is 0 Å². The van der Waals surface area contributed by atoms with E-state index in [0.29, 0.717) is 6.61 Å². The molecule has 0 aromatic rings. The highest BCUT2D eigenvalue weighted by molar-refractivity contribution is 6.78. The van der Waals surface area contributed by atoms with Gasteiger partial charge in [0.1, 0.15) is 0 Å². The van der Waals surface area contributed by atoms with Crippen LogP contribution in [0.5, 0.6) is 0 Å². The summed E-state index contributed by atoms with van der Waals surface area (Å²) >= 11 is 0. The van der Waals surface area contributed by atoms with Crippen LogP contribution in [0.1, 0.15) is 27.7 Å². The van der Waals surface area contributed by atoms with Crippen LogP contribution in [0.3, 0.4) is 0 Å². The summed E-state index contributed by atoms with van der Waals surface area (Å²) in [6, 6.07) is 0. The highest BCUT2D eigenvalue weighted by Gasteiger charge is 2.38. The van der Waals surface area contributed by atoms with E-state index in [0.717, 1.165) is 0 Å². The normalized spacial score (nSPS) is 14.4. The Morgan fingerprint density at radius 1 is 0.933 bits per heavy atom. The highest BCUT2D eigenvalue weighted by atomic mass is 28.5. The van der Waals surface area contributed by atoms with Gasteiger partial charge in [-0.2, -0.15) is 0 Å². The van der Waals surface area contributed by atoms with E-state index in [1.54, 1.807) is 0 Å². The van der Waals surface area contributed by atoms with Crippen LogP contribution in [0.15, 0.2) is 0 Å². The molecule has 0 rings (SSSR count). The van der Waals surface area contributed by atoms with Crippen LogP contribution < -0.4 is 0 Å². The standard InChI is InChI=1S/C10H26O3Si2/c1-9-11-14(5,6)13-15(7,8)12-10(2,3)4/h9H2,1-8H3. The van der Waals surface area contributed by atoms with Gasteiger partial charge in [0.2, 0.25) is 0 Å². The Bertz CT molecular complexity index is 197. The summed E-state index contributed by atoms with van der Waals surface area (Å²) < 4.78 is 17.7. The van der Waals surface area contributed by atoms with E-state index in [1.807, 2.05) is 6.92 Å². The molecular weight excluding hydrogens is 224 g/mol. The lowest BCUT2D eigenvalue weighted by molar-refractivity contribution is 0.0856. The van der Waals surface area contributed by atoms with E-state index in [-0.39, 0.29) is 5.60 Å². The maximum Gasteiger partial charge on any atom is 0.323 e. The molecule has 0 aliphatic heterocycles. The Labute approximate surface area is 96.6 Å². The van der Waals surface area contributed by atoms with Crippen LogP contribution in [-0.4, -0.2) is 29.3 Å². The number of rotatable bonds is 5. The fourth-order valence-corrected chi connectivity index (χ4v) is 9.03. The maximum atomic E-state index is 6.08. The van der Waals surface area contributed by atoms with Gasteiger partial charge in [-0.25, -0.2) is 0 Å². The summed E-state index contributed by atoms with van der Waals surface area (Å²) in [7, 11) is -4.08. The Morgan fingerprint density at radius 2 is 1.40 bits per heavy atom. The fraction of sp³-hybridized carbons (Fsp3) is 1.00. The Hall–Kier alpha value is 0.314. The van der Waals surface area contributed by atoms with Crippen molar-refractivity contribution in [2.75, 3.05) is 6.61 Å². The van der Waals surface area contributed by atoms with Crippen LogP contribution in [0.25, 0.3) is 0 Å². The van der Waals surface area contributed by atoms with Crippen molar-refractivity contribution in [2.45, 2.75) is 59.5 Å². The van der Waals surface area contributed by atoms with Crippen LogP contribution in [0.4, 0.5) is 0 Å². The predicted molar refractivity (Wildman–Crippen MR) is 68.5 cm³/mol. The minimum atomic E-state index is -2.07. The minimum absolute atomic E-state index is 0.146. The molecule has 5 heteroatoms. The van der Waals surface area contributed by atoms with Crippen molar-refractivity contribution in [1.29, 1.82) is 0 Å². The lowest BCUT2D eigenvalue weighted by Crippen LogP contribution is -2.51. The Balaban J connectivity index is 4.36. The van der Waals surface area contributed by atoms with Gasteiger partial charge >= 0.3 is 17.1 Å². The largest absolute Gasteiger partial charge is 0.415 e. The third kappa shape index (κ3) is 8.16. The molecule has 0 amide bonds. The van der Waals surface area contributed by atoms with E-state index in [9.17, 15) is 0 Å². The number of hydrogen-bond acceptors (Lipinski definition) is 3. The lowest BCUT2D eigenvalue weighted by atomic mass is 10.2. The zero-order valence-corrected chi connectivity index (χ0v) is 13.4. The van der Waals surface area contributed by atoms with Crippen molar-refractivity contribution in [2.24, 2.45) is 0 Å². The Morgan fingerprint density at radius 3 is 1.73 bits per heavy atom. The summed E-state index contributed by atoms with van der Waals surface area (Å²) in [6.45, 7) is 17.2. The second-order valence-corrected chi connectivity index (χ2v) is 12.5. The van der Waals surface area contributed by atoms with Gasteiger partial charge in [0.05, 0.1) is 5.60 Å². The molecule has 3 nitrogen and oxygen atoms in total. The van der Waals surface area contributed by atoms with Crippen molar-refractivity contribution in [3.05, 3.63) is 0 Å². The molecule has 0 heterocycles. The van der Waals surface area contributed by atoms with Gasteiger partial charge in [-0.3, -0.25) is 0 Å². The SMILES string of the molecule is CCO[Si](C)(C)O[Si](C)(C)OC(C)(C)C. The molecule has 15 heavy (non-hydrogen) atoms. The van der Waals surface area contributed by atoms with Gasteiger partial charge in [0.15, 0.2) is 0 Å². The zero-order valence-electron chi connectivity index (χ0n) is 11.4. The first-order chi connectivity index (χ1) is 6.47. The first-order valence-corrected chi connectivity index (χ1v) is 11.1. The molecule has 0 unspecified atom stereocenters. The quantitative estimate of drug-likeness (QED) is 0.701. The summed E-state index contributed by atoms with van der Waals surface area (Å²) in [6.07, 6.45) is 0. The molecule has 0 fully saturated rings. The van der Waals surface area contributed by atoms with Gasteiger partial charge in [-0.1, -0.05) is 0 Å². The smallest absolute Gasteiger partial charge is 0.323 e. The second-order valence-electron chi connectivity index (χ2n) is 5.55. The van der Waals surface area contributed by atoms with Crippen molar-refractivity contribution < 1.29 is 13.0 Å². The molecule has 0 aromatic carbocycles. The van der Waals surface area contributed by atoms with Gasteiger partial charge in [-0.15, -0.1) is 0 Å². The van der Waals surface area contributed by atoms with E-state index >= 15 is 0 Å². The van der Waals surface area contributed by atoms with Gasteiger partial charge in [-0.05, 0) is 53.9 Å². The molecule has 0 saturated carbocycles. The third-order valence-corrected chi connectivity index (χ3v) is 7.56. The first-order valence-electron chi connectivity index (χ1n) is 5.52. The van der Waals surface area contributed by atoms with Crippen molar-refractivity contribution in [3.8, 4) is 0 Å². The van der Waals surface area contributed by atoms with E-state index in [4.69, 9.17) is 13.0 Å². The monoisotopic (exact) mass is 250 g/mol. The topological polar surface area (TPSA) is 27.7 Å². The third-order valence-electron chi connectivity index (χ3n) is 1.54. The lowest BCUT2D eigenvalue weighted by Gasteiger charge is -2.36. The summed E-state index contributed by atoms with van der Waals surface area (Å²) in [5.41, 5.74) is -0.146. The molecule has 92 valence electrons. The van der Waals surface area contributed by atoms with Gasteiger partial charge in [0, 0.05) is 6.61 Å². The molecule has 0 radical (unpaired) electrons. The highest BCUT2D eigenvalue weighted by Crippen LogP contribution is 2.22. The Kier molecular flexibility index (Phi) is 5.20. The molecule has 0 aromatic heterocycles. The van der Waals surface area contributed by atoms with Gasteiger partial charge < -0.3 is 13.0 Å². The summed E-state index contributed by atoms with van der Waals surface area (Å²) in [5, 5.41) is 0. The second kappa shape index (κ2) is 5.10. The molecule has 0 bridgehead atoms. The first kappa shape index (κ1) is 15.3. The molecule has 0 saturated heterocycles. The summed E-state index contributed by atoms with van der Waals surface area (Å²) in [5.74, 6) is 0.